The van der Waals surface area contributed by atoms with Crippen molar-refractivity contribution < 1.29 is 4.74 Å². The molecule has 0 spiro atoms. The quantitative estimate of drug-likeness (QED) is 0.689. The van der Waals surface area contributed by atoms with E-state index in [1.54, 1.807) is 0 Å². The lowest BCUT2D eigenvalue weighted by Crippen LogP contribution is -1.99. The van der Waals surface area contributed by atoms with Crippen molar-refractivity contribution in [1.29, 1.82) is 0 Å². The van der Waals surface area contributed by atoms with E-state index in [2.05, 4.69) is 18.9 Å². The first-order valence-electron chi connectivity index (χ1n) is 4.32. The van der Waals surface area contributed by atoms with Gasteiger partial charge in [-0.1, -0.05) is 13.8 Å². The van der Waals surface area contributed by atoms with Crippen LogP contribution in [0.4, 0.5) is 0 Å². The third-order valence-corrected chi connectivity index (χ3v) is 1.78. The minimum absolute atomic E-state index is 0.497. The predicted octanol–water partition coefficient (Wildman–Crippen LogP) is 1.94. The zero-order valence-corrected chi connectivity index (χ0v) is 8.16. The van der Waals surface area contributed by atoms with Crippen molar-refractivity contribution in [3.63, 3.8) is 0 Å². The van der Waals surface area contributed by atoms with Crippen LogP contribution in [0.25, 0.3) is 0 Å². The zero-order valence-electron chi connectivity index (χ0n) is 8.16. The summed E-state index contributed by atoms with van der Waals surface area (Å²) >= 11 is 0. The molecular formula is C9H16N2O. The molecule has 3 nitrogen and oxygen atoms in total. The molecule has 1 aromatic rings. The number of rotatable bonds is 3. The van der Waals surface area contributed by atoms with Crippen LogP contribution in [0.3, 0.4) is 0 Å². The fraction of sp³-hybridized carbons (Fsp3) is 0.667. The second kappa shape index (κ2) is 3.61. The number of ether oxygens (including phenoxy) is 1. The summed E-state index contributed by atoms with van der Waals surface area (Å²) in [5, 5.41) is 4.22. The third kappa shape index (κ3) is 1.78. The first kappa shape index (κ1) is 9.10. The summed E-state index contributed by atoms with van der Waals surface area (Å²) in [7, 11) is 1.94. The standard InChI is InChI=1S/C9H16N2O/c1-5-12-9-6-8(7(2)3)11(4)10-9/h6-7H,5H2,1-4H3. The number of aryl methyl sites for hydroxylation is 1. The fourth-order valence-corrected chi connectivity index (χ4v) is 1.21. The third-order valence-electron chi connectivity index (χ3n) is 1.78. The van der Waals surface area contributed by atoms with Gasteiger partial charge in [0.2, 0.25) is 5.88 Å². The van der Waals surface area contributed by atoms with Crippen molar-refractivity contribution in [2.75, 3.05) is 6.61 Å². The molecule has 3 heteroatoms. The lowest BCUT2D eigenvalue weighted by Gasteiger charge is -2.02. The highest BCUT2D eigenvalue weighted by atomic mass is 16.5. The Morgan fingerprint density at radius 1 is 1.58 bits per heavy atom. The molecule has 0 saturated heterocycles. The van der Waals surface area contributed by atoms with Crippen molar-refractivity contribution in [3.8, 4) is 5.88 Å². The van der Waals surface area contributed by atoms with E-state index in [1.165, 1.54) is 5.69 Å². The minimum atomic E-state index is 0.497. The molecule has 0 atom stereocenters. The lowest BCUT2D eigenvalue weighted by atomic mass is 10.1. The van der Waals surface area contributed by atoms with Gasteiger partial charge in [-0.3, -0.25) is 4.68 Å². The Labute approximate surface area is 73.3 Å². The van der Waals surface area contributed by atoms with E-state index in [0.29, 0.717) is 12.5 Å². The van der Waals surface area contributed by atoms with Crippen LogP contribution in [-0.4, -0.2) is 16.4 Å². The molecule has 0 saturated carbocycles. The SMILES string of the molecule is CCOc1cc(C(C)C)n(C)n1. The van der Waals surface area contributed by atoms with Gasteiger partial charge in [-0.2, -0.15) is 0 Å². The average molecular weight is 168 g/mol. The van der Waals surface area contributed by atoms with Crippen LogP contribution >= 0.6 is 0 Å². The van der Waals surface area contributed by atoms with Gasteiger partial charge in [-0.25, -0.2) is 0 Å². The van der Waals surface area contributed by atoms with E-state index in [4.69, 9.17) is 4.74 Å². The van der Waals surface area contributed by atoms with Crippen LogP contribution in [-0.2, 0) is 7.05 Å². The Bertz CT molecular complexity index is 253. The van der Waals surface area contributed by atoms with Gasteiger partial charge in [0.25, 0.3) is 0 Å². The maximum atomic E-state index is 5.29. The van der Waals surface area contributed by atoms with Gasteiger partial charge in [0.05, 0.1) is 6.61 Å². The van der Waals surface area contributed by atoms with E-state index in [-0.39, 0.29) is 0 Å². The Hall–Kier alpha value is -0.990. The summed E-state index contributed by atoms with van der Waals surface area (Å²) in [6.07, 6.45) is 0. The number of hydrogen-bond acceptors (Lipinski definition) is 2. The van der Waals surface area contributed by atoms with E-state index in [0.717, 1.165) is 5.88 Å². The van der Waals surface area contributed by atoms with Gasteiger partial charge in [-0.05, 0) is 12.8 Å². The van der Waals surface area contributed by atoms with Gasteiger partial charge in [0.15, 0.2) is 0 Å². The van der Waals surface area contributed by atoms with Crippen molar-refractivity contribution in [2.24, 2.45) is 7.05 Å². The van der Waals surface area contributed by atoms with Crippen molar-refractivity contribution >= 4 is 0 Å². The summed E-state index contributed by atoms with van der Waals surface area (Å²) in [5.41, 5.74) is 1.21. The van der Waals surface area contributed by atoms with Crippen molar-refractivity contribution in [3.05, 3.63) is 11.8 Å². The van der Waals surface area contributed by atoms with Crippen molar-refractivity contribution in [1.82, 2.24) is 9.78 Å². The van der Waals surface area contributed by atoms with Gasteiger partial charge in [-0.15, -0.1) is 5.10 Å². The minimum Gasteiger partial charge on any atom is -0.477 e. The van der Waals surface area contributed by atoms with Crippen LogP contribution in [0.5, 0.6) is 5.88 Å². The topological polar surface area (TPSA) is 27.1 Å². The van der Waals surface area contributed by atoms with Crippen LogP contribution in [0.2, 0.25) is 0 Å². The highest BCUT2D eigenvalue weighted by molar-refractivity contribution is 5.17. The Kier molecular flexibility index (Phi) is 2.74. The normalized spacial score (nSPS) is 10.8. The molecule has 12 heavy (non-hydrogen) atoms. The average Bonchev–Trinajstić information content (AvgIpc) is 2.32. The van der Waals surface area contributed by atoms with Gasteiger partial charge in [0, 0.05) is 18.8 Å². The highest BCUT2D eigenvalue weighted by Gasteiger charge is 2.08. The second-order valence-electron chi connectivity index (χ2n) is 3.12. The Balaban J connectivity index is 2.85. The molecule has 1 rings (SSSR count). The molecule has 68 valence electrons. The molecule has 0 bridgehead atoms. The monoisotopic (exact) mass is 168 g/mol. The van der Waals surface area contributed by atoms with E-state index in [1.807, 2.05) is 24.7 Å². The summed E-state index contributed by atoms with van der Waals surface area (Å²) in [4.78, 5) is 0. The lowest BCUT2D eigenvalue weighted by molar-refractivity contribution is 0.323. The van der Waals surface area contributed by atoms with Crippen LogP contribution in [0.1, 0.15) is 32.4 Å². The maximum absolute atomic E-state index is 5.29. The number of aromatic nitrogens is 2. The molecule has 1 heterocycles. The summed E-state index contributed by atoms with van der Waals surface area (Å²) < 4.78 is 7.16. The first-order valence-corrected chi connectivity index (χ1v) is 4.32. The predicted molar refractivity (Wildman–Crippen MR) is 48.5 cm³/mol. The molecule has 0 radical (unpaired) electrons. The molecule has 0 aliphatic rings. The maximum Gasteiger partial charge on any atom is 0.232 e. The van der Waals surface area contributed by atoms with Gasteiger partial charge in [0.1, 0.15) is 0 Å². The van der Waals surface area contributed by atoms with Crippen LogP contribution in [0, 0.1) is 0 Å². The molecule has 0 aromatic carbocycles. The molecule has 0 aliphatic heterocycles. The van der Waals surface area contributed by atoms with Crippen LogP contribution in [0.15, 0.2) is 6.07 Å². The number of nitrogens with zero attached hydrogens (tertiary/aromatic N) is 2. The molecule has 0 unspecified atom stereocenters. The Morgan fingerprint density at radius 2 is 2.25 bits per heavy atom. The Morgan fingerprint density at radius 3 is 2.67 bits per heavy atom. The fourth-order valence-electron chi connectivity index (χ4n) is 1.21. The molecule has 0 N–H and O–H groups in total. The van der Waals surface area contributed by atoms with E-state index >= 15 is 0 Å². The summed E-state index contributed by atoms with van der Waals surface area (Å²) in [6.45, 7) is 6.93. The summed E-state index contributed by atoms with van der Waals surface area (Å²) in [6, 6.07) is 1.99. The van der Waals surface area contributed by atoms with E-state index < -0.39 is 0 Å². The second-order valence-corrected chi connectivity index (χ2v) is 3.12. The molecular weight excluding hydrogens is 152 g/mol. The van der Waals surface area contributed by atoms with Crippen molar-refractivity contribution in [2.45, 2.75) is 26.7 Å². The largest absolute Gasteiger partial charge is 0.477 e. The molecule has 0 amide bonds. The van der Waals surface area contributed by atoms with E-state index in [9.17, 15) is 0 Å². The van der Waals surface area contributed by atoms with Gasteiger partial charge < -0.3 is 4.74 Å². The van der Waals surface area contributed by atoms with Gasteiger partial charge >= 0.3 is 0 Å². The first-order chi connectivity index (χ1) is 5.65. The molecule has 1 aromatic heterocycles. The number of hydrogen-bond donors (Lipinski definition) is 0. The summed E-state index contributed by atoms with van der Waals surface area (Å²) in [5.74, 6) is 1.22. The zero-order chi connectivity index (χ0) is 9.14. The smallest absolute Gasteiger partial charge is 0.232 e. The molecule has 0 aliphatic carbocycles. The molecule has 0 fully saturated rings. The van der Waals surface area contributed by atoms with Crippen LogP contribution < -0.4 is 4.74 Å². The highest BCUT2D eigenvalue weighted by Crippen LogP contribution is 2.18.